The molecule has 114 valence electrons. The zero-order valence-corrected chi connectivity index (χ0v) is 12.6. The Morgan fingerprint density at radius 3 is 2.24 bits per heavy atom. The number of carbonyl (C=O) groups excluding carboxylic acids is 1. The molecule has 1 amide bonds. The SMILES string of the molecule is O=C(N1CCCCC1)[C@@](O)(c1ccccc1)C1CCCC1. The van der Waals surface area contributed by atoms with E-state index in [0.717, 1.165) is 57.2 Å². The summed E-state index contributed by atoms with van der Waals surface area (Å²) in [5.41, 5.74) is -0.553. The summed E-state index contributed by atoms with van der Waals surface area (Å²) in [4.78, 5) is 15.0. The van der Waals surface area contributed by atoms with E-state index in [-0.39, 0.29) is 11.8 Å². The summed E-state index contributed by atoms with van der Waals surface area (Å²) in [5.74, 6) is -0.00498. The molecule has 3 rings (SSSR count). The number of amides is 1. The smallest absolute Gasteiger partial charge is 0.259 e. The van der Waals surface area contributed by atoms with Gasteiger partial charge in [-0.3, -0.25) is 4.79 Å². The van der Waals surface area contributed by atoms with Crippen LogP contribution in [0.1, 0.15) is 50.5 Å². The third-order valence-corrected chi connectivity index (χ3v) is 5.13. The van der Waals surface area contributed by atoms with Crippen molar-refractivity contribution in [2.24, 2.45) is 5.92 Å². The largest absolute Gasteiger partial charge is 0.375 e. The van der Waals surface area contributed by atoms with Gasteiger partial charge in [0.1, 0.15) is 0 Å². The summed E-state index contributed by atoms with van der Waals surface area (Å²) in [6, 6.07) is 9.57. The van der Waals surface area contributed by atoms with Crippen LogP contribution in [0.15, 0.2) is 30.3 Å². The average Bonchev–Trinajstić information content (AvgIpc) is 3.10. The molecule has 1 aliphatic carbocycles. The van der Waals surface area contributed by atoms with Gasteiger partial charge in [-0.05, 0) is 37.7 Å². The van der Waals surface area contributed by atoms with E-state index in [1.54, 1.807) is 0 Å². The van der Waals surface area contributed by atoms with Gasteiger partial charge in [0.2, 0.25) is 0 Å². The highest BCUT2D eigenvalue weighted by Gasteiger charge is 2.48. The van der Waals surface area contributed by atoms with Gasteiger partial charge in [0.25, 0.3) is 5.91 Å². The lowest BCUT2D eigenvalue weighted by molar-refractivity contribution is -0.160. The van der Waals surface area contributed by atoms with Crippen LogP contribution < -0.4 is 0 Å². The van der Waals surface area contributed by atoms with Crippen molar-refractivity contribution in [1.82, 2.24) is 4.90 Å². The standard InChI is InChI=1S/C18H25NO2/c20-17(19-13-7-2-8-14-19)18(21,16-11-5-6-12-16)15-9-3-1-4-10-15/h1,3-4,9-10,16,21H,2,5-8,11-14H2/t18-/m1/s1. The Kier molecular flexibility index (Phi) is 4.29. The van der Waals surface area contributed by atoms with Crippen LogP contribution in [0, 0.1) is 5.92 Å². The fraction of sp³-hybridized carbons (Fsp3) is 0.611. The summed E-state index contributed by atoms with van der Waals surface area (Å²) in [7, 11) is 0. The number of likely N-dealkylation sites (tertiary alicyclic amines) is 1. The Labute approximate surface area is 127 Å². The molecular weight excluding hydrogens is 262 g/mol. The maximum absolute atomic E-state index is 13.1. The molecule has 0 spiro atoms. The van der Waals surface area contributed by atoms with Crippen LogP contribution in [0.25, 0.3) is 0 Å². The molecule has 1 aliphatic heterocycles. The molecule has 0 unspecified atom stereocenters. The van der Waals surface area contributed by atoms with Crippen molar-refractivity contribution in [1.29, 1.82) is 0 Å². The van der Waals surface area contributed by atoms with Gasteiger partial charge >= 0.3 is 0 Å². The normalized spacial score (nSPS) is 23.0. The van der Waals surface area contributed by atoms with Gasteiger partial charge in [0.05, 0.1) is 0 Å². The minimum Gasteiger partial charge on any atom is -0.375 e. The maximum atomic E-state index is 13.1. The average molecular weight is 287 g/mol. The molecular formula is C18H25NO2. The molecule has 1 aromatic carbocycles. The lowest BCUT2D eigenvalue weighted by atomic mass is 9.78. The Morgan fingerprint density at radius 2 is 1.62 bits per heavy atom. The van der Waals surface area contributed by atoms with E-state index in [0.29, 0.717) is 0 Å². The van der Waals surface area contributed by atoms with Gasteiger partial charge in [-0.25, -0.2) is 0 Å². The van der Waals surface area contributed by atoms with Gasteiger partial charge in [0.15, 0.2) is 5.60 Å². The van der Waals surface area contributed by atoms with Crippen molar-refractivity contribution in [3.8, 4) is 0 Å². The second-order valence-electron chi connectivity index (χ2n) is 6.47. The topological polar surface area (TPSA) is 40.5 Å². The van der Waals surface area contributed by atoms with Crippen LogP contribution in [-0.4, -0.2) is 29.0 Å². The zero-order chi connectivity index (χ0) is 14.7. The van der Waals surface area contributed by atoms with E-state index in [1.807, 2.05) is 35.2 Å². The minimum absolute atomic E-state index is 0.0642. The highest BCUT2D eigenvalue weighted by Crippen LogP contribution is 2.42. The number of benzene rings is 1. The number of carbonyl (C=O) groups is 1. The van der Waals surface area contributed by atoms with Crippen LogP contribution >= 0.6 is 0 Å². The highest BCUT2D eigenvalue weighted by atomic mass is 16.3. The predicted molar refractivity (Wildman–Crippen MR) is 82.7 cm³/mol. The maximum Gasteiger partial charge on any atom is 0.259 e. The molecule has 1 saturated heterocycles. The van der Waals surface area contributed by atoms with Crippen molar-refractivity contribution >= 4 is 5.91 Å². The van der Waals surface area contributed by atoms with Gasteiger partial charge in [0, 0.05) is 19.0 Å². The summed E-state index contributed by atoms with van der Waals surface area (Å²) < 4.78 is 0. The summed E-state index contributed by atoms with van der Waals surface area (Å²) >= 11 is 0. The van der Waals surface area contributed by atoms with Crippen molar-refractivity contribution in [3.05, 3.63) is 35.9 Å². The van der Waals surface area contributed by atoms with Gasteiger partial charge in [-0.1, -0.05) is 43.2 Å². The van der Waals surface area contributed by atoms with Gasteiger partial charge < -0.3 is 10.0 Å². The molecule has 3 heteroatoms. The zero-order valence-electron chi connectivity index (χ0n) is 12.6. The molecule has 21 heavy (non-hydrogen) atoms. The number of rotatable bonds is 3. The lowest BCUT2D eigenvalue weighted by Crippen LogP contribution is -2.52. The molecule has 1 heterocycles. The molecule has 2 aliphatic rings. The lowest BCUT2D eigenvalue weighted by Gasteiger charge is -2.39. The number of hydrogen-bond acceptors (Lipinski definition) is 2. The summed E-state index contributed by atoms with van der Waals surface area (Å²) in [5, 5.41) is 11.4. The molecule has 0 aromatic heterocycles. The van der Waals surface area contributed by atoms with Gasteiger partial charge in [-0.2, -0.15) is 0 Å². The number of aliphatic hydroxyl groups is 1. The quantitative estimate of drug-likeness (QED) is 0.928. The van der Waals surface area contributed by atoms with E-state index < -0.39 is 5.60 Å². The number of hydrogen-bond donors (Lipinski definition) is 1. The molecule has 1 aromatic rings. The number of nitrogens with zero attached hydrogens (tertiary/aromatic N) is 1. The summed E-state index contributed by atoms with van der Waals surface area (Å²) in [6.45, 7) is 1.58. The van der Waals surface area contributed by atoms with E-state index >= 15 is 0 Å². The first kappa shape index (κ1) is 14.6. The van der Waals surface area contributed by atoms with Gasteiger partial charge in [-0.15, -0.1) is 0 Å². The van der Waals surface area contributed by atoms with Crippen molar-refractivity contribution in [2.75, 3.05) is 13.1 Å². The van der Waals surface area contributed by atoms with Crippen molar-refractivity contribution in [2.45, 2.75) is 50.5 Å². The first-order valence-electron chi connectivity index (χ1n) is 8.30. The van der Waals surface area contributed by atoms with Crippen molar-refractivity contribution < 1.29 is 9.90 Å². The summed E-state index contributed by atoms with van der Waals surface area (Å²) in [6.07, 6.45) is 7.44. The highest BCUT2D eigenvalue weighted by molar-refractivity contribution is 5.87. The first-order valence-corrected chi connectivity index (χ1v) is 8.30. The number of piperidine rings is 1. The van der Waals surface area contributed by atoms with Crippen LogP contribution in [0.2, 0.25) is 0 Å². The Hall–Kier alpha value is -1.35. The molecule has 0 radical (unpaired) electrons. The molecule has 3 nitrogen and oxygen atoms in total. The Bertz CT molecular complexity index is 475. The first-order chi connectivity index (χ1) is 10.2. The molecule has 1 saturated carbocycles. The van der Waals surface area contributed by atoms with Crippen LogP contribution in [0.4, 0.5) is 0 Å². The monoisotopic (exact) mass is 287 g/mol. The van der Waals surface area contributed by atoms with E-state index in [4.69, 9.17) is 0 Å². The van der Waals surface area contributed by atoms with Crippen LogP contribution in [0.5, 0.6) is 0 Å². The molecule has 1 N–H and O–H groups in total. The molecule has 0 bridgehead atoms. The second kappa shape index (κ2) is 6.18. The van der Waals surface area contributed by atoms with Crippen LogP contribution in [-0.2, 0) is 10.4 Å². The van der Waals surface area contributed by atoms with E-state index in [1.165, 1.54) is 6.42 Å². The van der Waals surface area contributed by atoms with Crippen LogP contribution in [0.3, 0.4) is 0 Å². The fourth-order valence-corrected chi connectivity index (χ4v) is 3.91. The third kappa shape index (κ3) is 2.71. The second-order valence-corrected chi connectivity index (χ2v) is 6.47. The Morgan fingerprint density at radius 1 is 1.00 bits per heavy atom. The molecule has 2 fully saturated rings. The third-order valence-electron chi connectivity index (χ3n) is 5.13. The van der Waals surface area contributed by atoms with E-state index in [2.05, 4.69) is 0 Å². The Balaban J connectivity index is 1.93. The van der Waals surface area contributed by atoms with E-state index in [9.17, 15) is 9.90 Å². The fourth-order valence-electron chi connectivity index (χ4n) is 3.91. The van der Waals surface area contributed by atoms with Crippen molar-refractivity contribution in [3.63, 3.8) is 0 Å². The predicted octanol–water partition coefficient (Wildman–Crippen LogP) is 3.08. The minimum atomic E-state index is -1.32. The molecule has 1 atom stereocenters.